The quantitative estimate of drug-likeness (QED) is 0.548. The zero-order valence-electron chi connectivity index (χ0n) is 14.5. The van der Waals surface area contributed by atoms with E-state index in [1.807, 2.05) is 36.4 Å². The smallest absolute Gasteiger partial charge is 0.251 e. The summed E-state index contributed by atoms with van der Waals surface area (Å²) in [7, 11) is -1.06. The van der Waals surface area contributed by atoms with Crippen molar-refractivity contribution < 1.29 is 13.4 Å². The Hall–Kier alpha value is -2.77. The lowest BCUT2D eigenvalue weighted by Gasteiger charge is -2.04. The Bertz CT molecular complexity index is 1100. The second-order valence-electron chi connectivity index (χ2n) is 5.91. The number of nitrogens with one attached hydrogen (secondary N) is 1. The van der Waals surface area contributed by atoms with Crippen LogP contribution in [0.15, 0.2) is 70.0 Å². The summed E-state index contributed by atoms with van der Waals surface area (Å²) < 4.78 is 18.3. The molecule has 5 nitrogen and oxygen atoms in total. The fourth-order valence-corrected chi connectivity index (χ4v) is 4.08. The molecule has 0 aliphatic heterocycles. The van der Waals surface area contributed by atoms with Crippen LogP contribution in [0.5, 0.6) is 0 Å². The van der Waals surface area contributed by atoms with Crippen molar-refractivity contribution in [3.05, 3.63) is 72.0 Å². The molecule has 136 valence electrons. The van der Waals surface area contributed by atoms with Crippen LogP contribution < -0.4 is 5.32 Å². The Morgan fingerprint density at radius 1 is 1.11 bits per heavy atom. The van der Waals surface area contributed by atoms with E-state index in [-0.39, 0.29) is 12.5 Å². The molecule has 2 aromatic carbocycles. The monoisotopic (exact) mass is 396 g/mol. The van der Waals surface area contributed by atoms with Crippen molar-refractivity contribution in [1.29, 1.82) is 0 Å². The number of fused-ring (bicyclic) bond motifs is 1. The van der Waals surface area contributed by atoms with Crippen LogP contribution in [0, 0.1) is 0 Å². The molecule has 0 radical (unpaired) electrons. The number of aromatic nitrogens is 1. The summed E-state index contributed by atoms with van der Waals surface area (Å²) in [5, 5.41) is 3.65. The lowest BCUT2D eigenvalue weighted by atomic mass is 10.2. The molecule has 0 unspecified atom stereocenters. The van der Waals surface area contributed by atoms with Gasteiger partial charge in [-0.25, -0.2) is 4.98 Å². The molecule has 0 aliphatic carbocycles. The molecule has 0 fully saturated rings. The third-order valence-corrected chi connectivity index (χ3v) is 6.02. The molecule has 2 heterocycles. The second kappa shape index (κ2) is 7.46. The van der Waals surface area contributed by atoms with Crippen molar-refractivity contribution in [2.24, 2.45) is 0 Å². The van der Waals surface area contributed by atoms with Gasteiger partial charge in [0.2, 0.25) is 0 Å². The number of carbonyl (C=O) groups excluding carboxylic acids is 1. The van der Waals surface area contributed by atoms with Gasteiger partial charge in [-0.1, -0.05) is 12.1 Å². The SMILES string of the molecule is C[S@@](=O)c1ccc(C(=O)NCc2ccc(-c3nc4ccccc4s3)o2)cc1. The van der Waals surface area contributed by atoms with Crippen LogP contribution in [0.3, 0.4) is 0 Å². The summed E-state index contributed by atoms with van der Waals surface area (Å²) in [6, 6.07) is 18.4. The van der Waals surface area contributed by atoms with Crippen molar-refractivity contribution in [3.8, 4) is 10.8 Å². The maximum absolute atomic E-state index is 12.3. The minimum absolute atomic E-state index is 0.207. The molecule has 1 N–H and O–H groups in total. The standard InChI is InChI=1S/C20H16N2O3S2/c1-27(24)15-9-6-13(7-10-15)19(23)21-12-14-8-11-17(25-14)20-22-16-4-2-3-5-18(16)26-20/h2-11H,12H2,1H3,(H,21,23)/t27-/m1/s1. The highest BCUT2D eigenvalue weighted by atomic mass is 32.2. The zero-order valence-corrected chi connectivity index (χ0v) is 16.1. The summed E-state index contributed by atoms with van der Waals surface area (Å²) in [6.45, 7) is 0.283. The van der Waals surface area contributed by atoms with Crippen LogP contribution in [0.25, 0.3) is 21.0 Å². The first-order chi connectivity index (χ1) is 13.1. The van der Waals surface area contributed by atoms with E-state index in [4.69, 9.17) is 4.42 Å². The number of furan rings is 1. The summed E-state index contributed by atoms with van der Waals surface area (Å²) in [6.07, 6.45) is 1.61. The minimum Gasteiger partial charge on any atom is -0.457 e. The number of hydrogen-bond acceptors (Lipinski definition) is 5. The topological polar surface area (TPSA) is 72.2 Å². The van der Waals surface area contributed by atoms with Crippen molar-refractivity contribution in [3.63, 3.8) is 0 Å². The molecule has 2 aromatic heterocycles. The lowest BCUT2D eigenvalue weighted by Crippen LogP contribution is -2.22. The first-order valence-corrected chi connectivity index (χ1v) is 10.6. The lowest BCUT2D eigenvalue weighted by molar-refractivity contribution is 0.0948. The molecule has 4 aromatic rings. The normalized spacial score (nSPS) is 12.2. The summed E-state index contributed by atoms with van der Waals surface area (Å²) in [4.78, 5) is 17.5. The van der Waals surface area contributed by atoms with Gasteiger partial charge in [0, 0.05) is 27.5 Å². The summed E-state index contributed by atoms with van der Waals surface area (Å²) in [5.74, 6) is 1.14. The maximum Gasteiger partial charge on any atom is 0.251 e. The number of hydrogen-bond donors (Lipinski definition) is 1. The van der Waals surface area contributed by atoms with Crippen LogP contribution in [0.2, 0.25) is 0 Å². The number of amides is 1. The Kier molecular flexibility index (Phi) is 4.87. The van der Waals surface area contributed by atoms with Crippen LogP contribution in [-0.2, 0) is 17.3 Å². The predicted octanol–water partition coefficient (Wildman–Crippen LogP) is 4.22. The van der Waals surface area contributed by atoms with Gasteiger partial charge in [0.15, 0.2) is 10.8 Å². The van der Waals surface area contributed by atoms with E-state index in [0.717, 1.165) is 15.2 Å². The van der Waals surface area contributed by atoms with E-state index in [1.165, 1.54) is 0 Å². The van der Waals surface area contributed by atoms with Crippen molar-refractivity contribution in [2.75, 3.05) is 6.26 Å². The molecular formula is C20H16N2O3S2. The van der Waals surface area contributed by atoms with Gasteiger partial charge in [0.05, 0.1) is 16.8 Å². The van der Waals surface area contributed by atoms with Crippen molar-refractivity contribution >= 4 is 38.3 Å². The fourth-order valence-electron chi connectivity index (χ4n) is 2.63. The van der Waals surface area contributed by atoms with Gasteiger partial charge in [0.25, 0.3) is 5.91 Å². The van der Waals surface area contributed by atoms with Gasteiger partial charge in [-0.2, -0.15) is 0 Å². The predicted molar refractivity (Wildman–Crippen MR) is 107 cm³/mol. The molecule has 0 spiro atoms. The van der Waals surface area contributed by atoms with E-state index in [1.54, 1.807) is 41.9 Å². The molecule has 0 saturated carbocycles. The van der Waals surface area contributed by atoms with Gasteiger partial charge < -0.3 is 9.73 Å². The van der Waals surface area contributed by atoms with Gasteiger partial charge >= 0.3 is 0 Å². The molecule has 0 bridgehead atoms. The fraction of sp³-hybridized carbons (Fsp3) is 0.100. The molecule has 4 rings (SSSR count). The van der Waals surface area contributed by atoms with E-state index >= 15 is 0 Å². The molecule has 1 atom stereocenters. The van der Waals surface area contributed by atoms with Gasteiger partial charge in [-0.15, -0.1) is 11.3 Å². The molecule has 7 heteroatoms. The minimum atomic E-state index is -1.06. The van der Waals surface area contributed by atoms with Gasteiger partial charge in [-0.05, 0) is 48.5 Å². The van der Waals surface area contributed by atoms with E-state index < -0.39 is 10.8 Å². The molecule has 27 heavy (non-hydrogen) atoms. The number of benzene rings is 2. The Morgan fingerprint density at radius 2 is 1.89 bits per heavy atom. The highest BCUT2D eigenvalue weighted by Crippen LogP contribution is 2.31. The summed E-state index contributed by atoms with van der Waals surface area (Å²) in [5.41, 5.74) is 1.46. The average Bonchev–Trinajstić information content (AvgIpc) is 3.32. The third kappa shape index (κ3) is 3.84. The number of para-hydroxylation sites is 1. The Balaban J connectivity index is 1.43. The molecule has 0 aliphatic rings. The second-order valence-corrected chi connectivity index (χ2v) is 8.32. The van der Waals surface area contributed by atoms with Crippen LogP contribution in [-0.4, -0.2) is 21.4 Å². The van der Waals surface area contributed by atoms with Crippen molar-refractivity contribution in [2.45, 2.75) is 11.4 Å². The highest BCUT2D eigenvalue weighted by molar-refractivity contribution is 7.84. The maximum atomic E-state index is 12.3. The van der Waals surface area contributed by atoms with Crippen LogP contribution >= 0.6 is 11.3 Å². The first-order valence-electron chi connectivity index (χ1n) is 8.26. The number of carbonyl (C=O) groups is 1. The number of thiazole rings is 1. The van der Waals surface area contributed by atoms with Crippen LogP contribution in [0.1, 0.15) is 16.1 Å². The largest absolute Gasteiger partial charge is 0.457 e. The number of rotatable bonds is 5. The van der Waals surface area contributed by atoms with Crippen molar-refractivity contribution in [1.82, 2.24) is 10.3 Å². The molecule has 0 saturated heterocycles. The third-order valence-electron chi connectivity index (χ3n) is 4.04. The van der Waals surface area contributed by atoms with Gasteiger partial charge in [0.1, 0.15) is 5.76 Å². The van der Waals surface area contributed by atoms with E-state index in [2.05, 4.69) is 10.3 Å². The average molecular weight is 396 g/mol. The summed E-state index contributed by atoms with van der Waals surface area (Å²) >= 11 is 1.57. The Morgan fingerprint density at radius 3 is 2.63 bits per heavy atom. The van der Waals surface area contributed by atoms with E-state index in [9.17, 15) is 9.00 Å². The molecular weight excluding hydrogens is 380 g/mol. The van der Waals surface area contributed by atoms with Crippen LogP contribution in [0.4, 0.5) is 0 Å². The number of nitrogens with zero attached hydrogens (tertiary/aromatic N) is 1. The molecule has 1 amide bonds. The Labute approximate surface area is 162 Å². The highest BCUT2D eigenvalue weighted by Gasteiger charge is 2.12. The zero-order chi connectivity index (χ0) is 18.8. The first kappa shape index (κ1) is 17.6. The van der Waals surface area contributed by atoms with Gasteiger partial charge in [-0.3, -0.25) is 9.00 Å². The van der Waals surface area contributed by atoms with E-state index in [0.29, 0.717) is 22.0 Å².